The molecule has 1 amide bonds. The van der Waals surface area contributed by atoms with Crippen molar-refractivity contribution >= 4 is 5.91 Å². The lowest BCUT2D eigenvalue weighted by Crippen LogP contribution is -2.24. The number of nitrogens with one attached hydrogen (secondary N) is 1. The van der Waals surface area contributed by atoms with Crippen LogP contribution >= 0.6 is 0 Å². The minimum absolute atomic E-state index is 0.0490. The summed E-state index contributed by atoms with van der Waals surface area (Å²) in [6.45, 7) is 4.73. The van der Waals surface area contributed by atoms with Crippen LogP contribution in [0.25, 0.3) is 0 Å². The van der Waals surface area contributed by atoms with Crippen LogP contribution in [-0.4, -0.2) is 24.2 Å². The number of ether oxygens (including phenoxy) is 1. The van der Waals surface area contributed by atoms with Crippen molar-refractivity contribution in [2.75, 3.05) is 13.2 Å². The number of aryl methyl sites for hydroxylation is 2. The van der Waals surface area contributed by atoms with Gasteiger partial charge in [-0.25, -0.2) is 0 Å². The van der Waals surface area contributed by atoms with Crippen molar-refractivity contribution in [2.24, 2.45) is 0 Å². The molecule has 0 aliphatic carbocycles. The second kappa shape index (κ2) is 7.66. The summed E-state index contributed by atoms with van der Waals surface area (Å²) >= 11 is 0. The molecular weight excluding hydrogens is 282 g/mol. The Morgan fingerprint density at radius 3 is 2.86 bits per heavy atom. The predicted octanol–water partition coefficient (Wildman–Crippen LogP) is 2.59. The number of aliphatic hydroxyl groups excluding tert-OH is 1. The fourth-order valence-corrected chi connectivity index (χ4v) is 1.96. The van der Waals surface area contributed by atoms with Gasteiger partial charge in [-0.15, -0.1) is 0 Å². The Morgan fingerprint density at radius 2 is 2.09 bits per heavy atom. The van der Waals surface area contributed by atoms with Crippen LogP contribution < -0.4 is 10.1 Å². The van der Waals surface area contributed by atoms with Gasteiger partial charge in [0.25, 0.3) is 5.91 Å². The highest BCUT2D eigenvalue weighted by Crippen LogP contribution is 2.21. The van der Waals surface area contributed by atoms with Crippen molar-refractivity contribution in [3.63, 3.8) is 0 Å². The molecule has 22 heavy (non-hydrogen) atoms. The number of benzene rings is 1. The molecule has 0 unspecified atom stereocenters. The van der Waals surface area contributed by atoms with Crippen LogP contribution in [0, 0.1) is 13.8 Å². The standard InChI is InChI=1S/C17H21NO4/c1-12-4-5-13(2)16(10-12)21-11-14-6-7-15(22-14)17(20)18-8-3-9-19/h4-7,10,19H,3,8-9,11H2,1-2H3,(H,18,20). The first-order chi connectivity index (χ1) is 10.6. The molecule has 0 radical (unpaired) electrons. The van der Waals surface area contributed by atoms with Crippen LogP contribution in [0.5, 0.6) is 5.75 Å². The van der Waals surface area contributed by atoms with Gasteiger partial charge in [0.05, 0.1) is 0 Å². The maximum Gasteiger partial charge on any atom is 0.286 e. The van der Waals surface area contributed by atoms with E-state index in [-0.39, 0.29) is 24.9 Å². The van der Waals surface area contributed by atoms with Crippen LogP contribution in [0.4, 0.5) is 0 Å². The lowest BCUT2D eigenvalue weighted by atomic mass is 10.1. The Kier molecular flexibility index (Phi) is 5.61. The van der Waals surface area contributed by atoms with Gasteiger partial charge in [-0.05, 0) is 49.6 Å². The second-order valence-corrected chi connectivity index (χ2v) is 5.16. The number of carbonyl (C=O) groups is 1. The molecule has 0 aliphatic heterocycles. The molecule has 0 spiro atoms. The van der Waals surface area contributed by atoms with E-state index >= 15 is 0 Å². The molecule has 5 nitrogen and oxygen atoms in total. The van der Waals surface area contributed by atoms with Gasteiger partial charge >= 0.3 is 0 Å². The van der Waals surface area contributed by atoms with E-state index in [0.717, 1.165) is 16.9 Å². The lowest BCUT2D eigenvalue weighted by molar-refractivity contribution is 0.0919. The zero-order valence-electron chi connectivity index (χ0n) is 12.9. The van der Waals surface area contributed by atoms with Crippen LogP contribution in [0.15, 0.2) is 34.7 Å². The van der Waals surface area contributed by atoms with E-state index < -0.39 is 0 Å². The average Bonchev–Trinajstić information content (AvgIpc) is 2.97. The quantitative estimate of drug-likeness (QED) is 0.771. The van der Waals surface area contributed by atoms with Gasteiger partial charge in [-0.1, -0.05) is 12.1 Å². The van der Waals surface area contributed by atoms with Crippen LogP contribution in [-0.2, 0) is 6.61 Å². The molecule has 2 aromatic rings. The number of hydrogen-bond acceptors (Lipinski definition) is 4. The molecule has 1 heterocycles. The fraction of sp³-hybridized carbons (Fsp3) is 0.353. The minimum atomic E-state index is -0.286. The zero-order chi connectivity index (χ0) is 15.9. The Bertz CT molecular complexity index is 633. The molecule has 0 aliphatic rings. The Labute approximate surface area is 129 Å². The van der Waals surface area contributed by atoms with Crippen molar-refractivity contribution in [3.8, 4) is 5.75 Å². The summed E-state index contributed by atoms with van der Waals surface area (Å²) in [5.74, 6) is 1.36. The SMILES string of the molecule is Cc1ccc(C)c(OCc2ccc(C(=O)NCCCO)o2)c1. The highest BCUT2D eigenvalue weighted by Gasteiger charge is 2.11. The number of aliphatic hydroxyl groups is 1. The number of furan rings is 1. The normalized spacial score (nSPS) is 10.5. The molecule has 0 saturated carbocycles. The Balaban J connectivity index is 1.92. The summed E-state index contributed by atoms with van der Waals surface area (Å²) in [5.41, 5.74) is 2.18. The third-order valence-electron chi connectivity index (χ3n) is 3.22. The van der Waals surface area contributed by atoms with E-state index in [4.69, 9.17) is 14.3 Å². The van der Waals surface area contributed by atoms with Gasteiger partial charge in [0.1, 0.15) is 18.1 Å². The largest absolute Gasteiger partial charge is 0.485 e. The number of hydrogen-bond donors (Lipinski definition) is 2. The van der Waals surface area contributed by atoms with E-state index in [9.17, 15) is 4.79 Å². The van der Waals surface area contributed by atoms with Gasteiger partial charge in [-0.2, -0.15) is 0 Å². The Morgan fingerprint density at radius 1 is 1.27 bits per heavy atom. The molecule has 2 N–H and O–H groups in total. The topological polar surface area (TPSA) is 71.7 Å². The van der Waals surface area contributed by atoms with E-state index in [1.54, 1.807) is 12.1 Å². The maximum atomic E-state index is 11.8. The van der Waals surface area contributed by atoms with E-state index in [0.29, 0.717) is 18.7 Å². The van der Waals surface area contributed by atoms with Gasteiger partial charge in [0, 0.05) is 13.2 Å². The molecule has 2 rings (SSSR count). The van der Waals surface area contributed by atoms with E-state index in [1.807, 2.05) is 32.0 Å². The monoisotopic (exact) mass is 303 g/mol. The molecule has 0 saturated heterocycles. The smallest absolute Gasteiger partial charge is 0.286 e. The van der Waals surface area contributed by atoms with E-state index in [1.165, 1.54) is 0 Å². The number of amides is 1. The highest BCUT2D eigenvalue weighted by atomic mass is 16.5. The summed E-state index contributed by atoms with van der Waals surface area (Å²) in [4.78, 5) is 11.8. The van der Waals surface area contributed by atoms with Crippen LogP contribution in [0.2, 0.25) is 0 Å². The molecule has 0 atom stereocenters. The van der Waals surface area contributed by atoms with Crippen molar-refractivity contribution in [3.05, 3.63) is 53.0 Å². The van der Waals surface area contributed by atoms with Crippen molar-refractivity contribution in [2.45, 2.75) is 26.9 Å². The molecule has 118 valence electrons. The molecule has 0 bridgehead atoms. The van der Waals surface area contributed by atoms with Gasteiger partial charge in [0.2, 0.25) is 0 Å². The Hall–Kier alpha value is -2.27. The van der Waals surface area contributed by atoms with Gasteiger partial charge < -0.3 is 19.6 Å². The summed E-state index contributed by atoms with van der Waals surface area (Å²) in [6.07, 6.45) is 0.523. The summed E-state index contributed by atoms with van der Waals surface area (Å²) in [7, 11) is 0. The zero-order valence-corrected chi connectivity index (χ0v) is 12.9. The maximum absolute atomic E-state index is 11.8. The fourth-order valence-electron chi connectivity index (χ4n) is 1.96. The van der Waals surface area contributed by atoms with Gasteiger partial charge in [-0.3, -0.25) is 4.79 Å². The predicted molar refractivity (Wildman–Crippen MR) is 83.0 cm³/mol. The lowest BCUT2D eigenvalue weighted by Gasteiger charge is -2.08. The first-order valence-electron chi connectivity index (χ1n) is 7.28. The summed E-state index contributed by atoms with van der Waals surface area (Å²) < 4.78 is 11.2. The number of carbonyl (C=O) groups excluding carboxylic acids is 1. The van der Waals surface area contributed by atoms with E-state index in [2.05, 4.69) is 5.32 Å². The molecule has 0 fully saturated rings. The van der Waals surface area contributed by atoms with Crippen LogP contribution in [0.3, 0.4) is 0 Å². The second-order valence-electron chi connectivity index (χ2n) is 5.16. The molecule has 1 aromatic carbocycles. The third kappa shape index (κ3) is 4.36. The third-order valence-corrected chi connectivity index (χ3v) is 3.22. The molecule has 5 heteroatoms. The van der Waals surface area contributed by atoms with Gasteiger partial charge in [0.15, 0.2) is 5.76 Å². The summed E-state index contributed by atoms with van der Waals surface area (Å²) in [6, 6.07) is 9.36. The highest BCUT2D eigenvalue weighted by molar-refractivity contribution is 5.91. The van der Waals surface area contributed by atoms with Crippen molar-refractivity contribution < 1.29 is 19.1 Å². The minimum Gasteiger partial charge on any atom is -0.485 e. The molecule has 1 aromatic heterocycles. The first kappa shape index (κ1) is 16.1. The average molecular weight is 303 g/mol. The van der Waals surface area contributed by atoms with Crippen molar-refractivity contribution in [1.29, 1.82) is 0 Å². The number of rotatable bonds is 7. The summed E-state index contributed by atoms with van der Waals surface area (Å²) in [5, 5.41) is 11.4. The van der Waals surface area contributed by atoms with Crippen LogP contribution in [0.1, 0.15) is 33.9 Å². The first-order valence-corrected chi connectivity index (χ1v) is 7.28. The van der Waals surface area contributed by atoms with Crippen molar-refractivity contribution in [1.82, 2.24) is 5.32 Å². The molecular formula is C17H21NO4.